The smallest absolute Gasteiger partial charge is 0.271 e. The van der Waals surface area contributed by atoms with Crippen molar-refractivity contribution in [2.75, 3.05) is 10.0 Å². The minimum absolute atomic E-state index is 0.0947. The van der Waals surface area contributed by atoms with Crippen molar-refractivity contribution in [3.05, 3.63) is 35.3 Å². The predicted octanol–water partition coefficient (Wildman–Crippen LogP) is 3.46. The molecule has 0 radical (unpaired) electrons. The van der Waals surface area contributed by atoms with Crippen LogP contribution in [0.4, 0.5) is 11.5 Å². The van der Waals surface area contributed by atoms with Gasteiger partial charge >= 0.3 is 0 Å². The minimum Gasteiger partial charge on any atom is -0.365 e. The zero-order valence-electron chi connectivity index (χ0n) is 12.5. The average molecular weight is 325 g/mol. The van der Waals surface area contributed by atoms with Crippen molar-refractivity contribution < 1.29 is 8.42 Å². The zero-order chi connectivity index (χ0) is 15.7. The molecular weight excluding hydrogens is 306 g/mol. The van der Waals surface area contributed by atoms with Crippen molar-refractivity contribution in [2.45, 2.75) is 37.4 Å². The second kappa shape index (κ2) is 5.65. The first-order valence-corrected chi connectivity index (χ1v) is 8.79. The SMILES string of the molecule is Cc1ccc(S(=O)(=O)Nc2ccc(NC(C)(C)C)nc2)s1. The zero-order valence-corrected chi connectivity index (χ0v) is 14.1. The summed E-state index contributed by atoms with van der Waals surface area (Å²) in [4.78, 5) is 5.17. The molecule has 0 aromatic carbocycles. The highest BCUT2D eigenvalue weighted by molar-refractivity contribution is 7.94. The molecule has 0 amide bonds. The monoisotopic (exact) mass is 325 g/mol. The van der Waals surface area contributed by atoms with Crippen LogP contribution in [0.1, 0.15) is 25.6 Å². The second-order valence-corrected chi connectivity index (χ2v) is 8.97. The molecule has 0 bridgehead atoms. The Bertz CT molecular complexity index is 713. The molecule has 7 heteroatoms. The Labute approximate surface area is 129 Å². The number of nitrogens with one attached hydrogen (secondary N) is 2. The van der Waals surface area contributed by atoms with Gasteiger partial charge in [0, 0.05) is 10.4 Å². The number of rotatable bonds is 4. The molecule has 5 nitrogen and oxygen atoms in total. The first-order chi connectivity index (χ1) is 9.66. The van der Waals surface area contributed by atoms with Crippen molar-refractivity contribution in [3.63, 3.8) is 0 Å². The summed E-state index contributed by atoms with van der Waals surface area (Å²) < 4.78 is 27.2. The lowest BCUT2D eigenvalue weighted by Gasteiger charge is -2.21. The number of hydrogen-bond acceptors (Lipinski definition) is 5. The number of aromatic nitrogens is 1. The van der Waals surface area contributed by atoms with E-state index in [-0.39, 0.29) is 5.54 Å². The largest absolute Gasteiger partial charge is 0.365 e. The van der Waals surface area contributed by atoms with Crippen LogP contribution in [0.25, 0.3) is 0 Å². The summed E-state index contributed by atoms with van der Waals surface area (Å²) in [6.07, 6.45) is 1.51. The van der Waals surface area contributed by atoms with Crippen molar-refractivity contribution >= 4 is 32.9 Å². The Morgan fingerprint density at radius 1 is 1.14 bits per heavy atom. The Morgan fingerprint density at radius 2 is 1.86 bits per heavy atom. The second-order valence-electron chi connectivity index (χ2n) is 5.78. The number of anilines is 2. The summed E-state index contributed by atoms with van der Waals surface area (Å²) >= 11 is 1.24. The van der Waals surface area contributed by atoms with E-state index in [0.717, 1.165) is 4.88 Å². The van der Waals surface area contributed by atoms with Crippen LogP contribution < -0.4 is 10.0 Å². The normalized spacial score (nSPS) is 12.2. The molecular formula is C14H19N3O2S2. The maximum atomic E-state index is 12.2. The molecule has 2 N–H and O–H groups in total. The van der Waals surface area contributed by atoms with E-state index < -0.39 is 10.0 Å². The molecule has 0 aliphatic carbocycles. The van der Waals surface area contributed by atoms with Gasteiger partial charge in [0.2, 0.25) is 0 Å². The van der Waals surface area contributed by atoms with Gasteiger partial charge in [-0.1, -0.05) is 0 Å². The summed E-state index contributed by atoms with van der Waals surface area (Å²) in [6, 6.07) is 6.83. The van der Waals surface area contributed by atoms with E-state index in [1.54, 1.807) is 24.3 Å². The lowest BCUT2D eigenvalue weighted by molar-refractivity contribution is 0.603. The Kier molecular flexibility index (Phi) is 4.25. The van der Waals surface area contributed by atoms with Crippen LogP contribution in [-0.2, 0) is 10.0 Å². The van der Waals surface area contributed by atoms with Gasteiger partial charge in [-0.2, -0.15) is 0 Å². The predicted molar refractivity (Wildman–Crippen MR) is 87.5 cm³/mol. The minimum atomic E-state index is -3.53. The van der Waals surface area contributed by atoms with Crippen LogP contribution in [0.15, 0.2) is 34.7 Å². The lowest BCUT2D eigenvalue weighted by Crippen LogP contribution is -2.26. The third-order valence-corrected chi connectivity index (χ3v) is 5.37. The topological polar surface area (TPSA) is 71.1 Å². The molecule has 2 heterocycles. The van der Waals surface area contributed by atoms with E-state index in [4.69, 9.17) is 0 Å². The molecule has 114 valence electrons. The van der Waals surface area contributed by atoms with Crippen LogP contribution in [0.3, 0.4) is 0 Å². The molecule has 0 saturated carbocycles. The molecule has 2 aromatic rings. The molecule has 21 heavy (non-hydrogen) atoms. The molecule has 0 unspecified atom stereocenters. The van der Waals surface area contributed by atoms with E-state index in [0.29, 0.717) is 15.7 Å². The number of hydrogen-bond donors (Lipinski definition) is 2. The molecule has 0 aliphatic rings. The van der Waals surface area contributed by atoms with E-state index in [9.17, 15) is 8.42 Å². The van der Waals surface area contributed by atoms with Crippen molar-refractivity contribution in [3.8, 4) is 0 Å². The van der Waals surface area contributed by atoms with E-state index >= 15 is 0 Å². The molecule has 0 aliphatic heterocycles. The number of thiophene rings is 1. The highest BCUT2D eigenvalue weighted by Crippen LogP contribution is 2.23. The summed E-state index contributed by atoms with van der Waals surface area (Å²) in [5, 5.41) is 3.22. The molecule has 2 rings (SSSR count). The van der Waals surface area contributed by atoms with Gasteiger partial charge < -0.3 is 5.32 Å². The van der Waals surface area contributed by atoms with Crippen LogP contribution in [-0.4, -0.2) is 18.9 Å². The first kappa shape index (κ1) is 15.8. The molecule has 0 saturated heterocycles. The summed E-state index contributed by atoms with van der Waals surface area (Å²) in [7, 11) is -3.53. The Hall–Kier alpha value is -1.60. The summed E-state index contributed by atoms with van der Waals surface area (Å²) in [5.74, 6) is 0.706. The van der Waals surface area contributed by atoms with Gasteiger partial charge in [0.1, 0.15) is 10.0 Å². The fourth-order valence-corrected chi connectivity index (χ4v) is 4.00. The van der Waals surface area contributed by atoms with Gasteiger partial charge in [-0.15, -0.1) is 11.3 Å². The van der Waals surface area contributed by atoms with Gasteiger partial charge in [0.05, 0.1) is 11.9 Å². The fourth-order valence-electron chi connectivity index (χ4n) is 1.67. The van der Waals surface area contributed by atoms with E-state index in [2.05, 4.69) is 15.0 Å². The third kappa shape index (κ3) is 4.44. The van der Waals surface area contributed by atoms with Gasteiger partial charge in [0.25, 0.3) is 10.0 Å². The fraction of sp³-hybridized carbons (Fsp3) is 0.357. The summed E-state index contributed by atoms with van der Waals surface area (Å²) in [6.45, 7) is 7.97. The van der Waals surface area contributed by atoms with Crippen LogP contribution in [0, 0.1) is 6.92 Å². The van der Waals surface area contributed by atoms with Gasteiger partial charge in [-0.3, -0.25) is 4.72 Å². The molecule has 0 fully saturated rings. The Morgan fingerprint density at radius 3 is 2.33 bits per heavy atom. The summed E-state index contributed by atoms with van der Waals surface area (Å²) in [5.41, 5.74) is 0.350. The highest BCUT2D eigenvalue weighted by Gasteiger charge is 2.16. The van der Waals surface area contributed by atoms with Crippen LogP contribution >= 0.6 is 11.3 Å². The van der Waals surface area contributed by atoms with Gasteiger partial charge in [-0.05, 0) is 52.0 Å². The molecule has 0 atom stereocenters. The highest BCUT2D eigenvalue weighted by atomic mass is 32.2. The van der Waals surface area contributed by atoms with E-state index in [1.165, 1.54) is 17.5 Å². The number of nitrogens with zero attached hydrogens (tertiary/aromatic N) is 1. The van der Waals surface area contributed by atoms with Crippen LogP contribution in [0.5, 0.6) is 0 Å². The maximum Gasteiger partial charge on any atom is 0.271 e. The maximum absolute atomic E-state index is 12.2. The number of sulfonamides is 1. The van der Waals surface area contributed by atoms with E-state index in [1.807, 2.05) is 27.7 Å². The Balaban J connectivity index is 2.13. The molecule has 2 aromatic heterocycles. The molecule has 0 spiro atoms. The average Bonchev–Trinajstić information content (AvgIpc) is 2.77. The van der Waals surface area contributed by atoms with Gasteiger partial charge in [0.15, 0.2) is 0 Å². The lowest BCUT2D eigenvalue weighted by atomic mass is 10.1. The first-order valence-electron chi connectivity index (χ1n) is 6.49. The van der Waals surface area contributed by atoms with Gasteiger partial charge in [-0.25, -0.2) is 13.4 Å². The number of pyridine rings is 1. The van der Waals surface area contributed by atoms with Crippen molar-refractivity contribution in [2.24, 2.45) is 0 Å². The quantitative estimate of drug-likeness (QED) is 0.903. The number of aryl methyl sites for hydroxylation is 1. The standard InChI is InChI=1S/C14H19N3O2S2/c1-10-5-8-13(20-10)21(18,19)17-11-6-7-12(15-9-11)16-14(2,3)4/h5-9,17H,1-4H3,(H,15,16). The van der Waals surface area contributed by atoms with Crippen molar-refractivity contribution in [1.29, 1.82) is 0 Å². The van der Waals surface area contributed by atoms with Crippen LogP contribution in [0.2, 0.25) is 0 Å². The third-order valence-electron chi connectivity index (χ3n) is 2.50. The van der Waals surface area contributed by atoms with Crippen molar-refractivity contribution in [1.82, 2.24) is 4.98 Å².